The zero-order chi connectivity index (χ0) is 28.7. The molecule has 6 rings (SSSR count). The van der Waals surface area contributed by atoms with Crippen LogP contribution in [0, 0.1) is 17.5 Å². The number of carbonyl (C=O) groups is 3. The summed E-state index contributed by atoms with van der Waals surface area (Å²) in [4.78, 5) is 39.0. The first-order valence-electron chi connectivity index (χ1n) is 12.5. The molecule has 204 valence electrons. The first-order valence-corrected chi connectivity index (χ1v) is 13.3. The van der Waals surface area contributed by atoms with Gasteiger partial charge in [0, 0.05) is 29.2 Å². The van der Waals surface area contributed by atoms with Gasteiger partial charge in [-0.2, -0.15) is 0 Å². The van der Waals surface area contributed by atoms with Crippen molar-refractivity contribution in [3.63, 3.8) is 0 Å². The third-order valence-electron chi connectivity index (χ3n) is 6.76. The quantitative estimate of drug-likeness (QED) is 0.177. The maximum absolute atomic E-state index is 13.9. The second-order valence-corrected chi connectivity index (χ2v) is 10.4. The molecule has 6 nitrogen and oxygen atoms in total. The lowest BCUT2D eigenvalue weighted by Gasteiger charge is -2.13. The molecule has 2 heterocycles. The monoisotopic (exact) mass is 571 g/mol. The predicted octanol–water partition coefficient (Wildman–Crippen LogP) is 6.94. The van der Waals surface area contributed by atoms with Gasteiger partial charge in [0.05, 0.1) is 10.6 Å². The summed E-state index contributed by atoms with van der Waals surface area (Å²) >= 11 is 0.681. The normalized spacial score (nSPS) is 14.5. The van der Waals surface area contributed by atoms with E-state index < -0.39 is 46.7 Å². The minimum Gasteiger partial charge on any atom is -0.342 e. The van der Waals surface area contributed by atoms with E-state index in [0.717, 1.165) is 43.8 Å². The van der Waals surface area contributed by atoms with E-state index in [9.17, 15) is 27.6 Å². The van der Waals surface area contributed by atoms with Gasteiger partial charge in [-0.15, -0.1) is 0 Å². The van der Waals surface area contributed by atoms with Gasteiger partial charge in [-0.1, -0.05) is 54.6 Å². The first kappa shape index (κ1) is 26.4. The van der Waals surface area contributed by atoms with Crippen molar-refractivity contribution in [3.8, 4) is 0 Å². The van der Waals surface area contributed by atoms with Crippen LogP contribution in [0.5, 0.6) is 0 Å². The molecule has 0 saturated carbocycles. The fourth-order valence-corrected chi connectivity index (χ4v) is 5.62. The van der Waals surface area contributed by atoms with Crippen molar-refractivity contribution >= 4 is 62.3 Å². The number of hydrogen-bond acceptors (Lipinski definition) is 4. The molecule has 1 saturated heterocycles. The maximum atomic E-state index is 13.9. The van der Waals surface area contributed by atoms with Crippen LogP contribution in [0.25, 0.3) is 27.8 Å². The lowest BCUT2D eigenvalue weighted by atomic mass is 10.1. The second kappa shape index (κ2) is 10.6. The average Bonchev–Trinajstić information content (AvgIpc) is 3.44. The van der Waals surface area contributed by atoms with Gasteiger partial charge in [0.15, 0.2) is 17.5 Å². The number of benzene rings is 4. The summed E-state index contributed by atoms with van der Waals surface area (Å²) in [6.07, 6.45) is 3.52. The maximum Gasteiger partial charge on any atom is 0.294 e. The van der Waals surface area contributed by atoms with E-state index in [1.165, 1.54) is 0 Å². The topological polar surface area (TPSA) is 71.4 Å². The summed E-state index contributed by atoms with van der Waals surface area (Å²) in [5, 5.41) is 4.55. The number of nitrogens with zero attached hydrogens (tertiary/aromatic N) is 2. The molecule has 1 fully saturated rings. The third-order valence-corrected chi connectivity index (χ3v) is 7.66. The van der Waals surface area contributed by atoms with Crippen LogP contribution in [0.4, 0.5) is 23.7 Å². The number of rotatable bonds is 6. The predicted molar refractivity (Wildman–Crippen MR) is 153 cm³/mol. The Morgan fingerprint density at radius 2 is 1.63 bits per heavy atom. The Bertz CT molecular complexity index is 1920. The van der Waals surface area contributed by atoms with Crippen LogP contribution in [-0.2, 0) is 16.1 Å². The molecule has 5 aromatic rings. The molecule has 0 unspecified atom stereocenters. The number of amides is 3. The van der Waals surface area contributed by atoms with Crippen LogP contribution in [-0.4, -0.2) is 33.1 Å². The Labute approximate surface area is 236 Å². The Morgan fingerprint density at radius 1 is 0.878 bits per heavy atom. The van der Waals surface area contributed by atoms with Crippen molar-refractivity contribution in [2.75, 3.05) is 11.9 Å². The summed E-state index contributed by atoms with van der Waals surface area (Å²) in [5.74, 6) is -6.35. The smallest absolute Gasteiger partial charge is 0.294 e. The van der Waals surface area contributed by atoms with E-state index in [-0.39, 0.29) is 4.91 Å². The SMILES string of the molecule is O=C(CN1C(=O)S/C(=C\c2cn(Cc3ccc4ccccc4c3)c3ccccc23)C1=O)Nc1ccc(F)c(F)c1F. The standard InChI is InChI=1S/C31H20F3N3O3S/c32-23-11-12-24(29(34)28(23)33)35-27(38)17-37-30(39)26(41-31(37)40)14-21-16-36(25-8-4-3-7-22(21)25)15-18-9-10-19-5-1-2-6-20(19)13-18/h1-14,16H,15,17H2,(H,35,38)/b26-14-. The van der Waals surface area contributed by atoms with Gasteiger partial charge in [0.1, 0.15) is 6.54 Å². The number of fused-ring (bicyclic) bond motifs is 2. The number of halogens is 3. The lowest BCUT2D eigenvalue weighted by Crippen LogP contribution is -2.36. The number of para-hydroxylation sites is 1. The summed E-state index contributed by atoms with van der Waals surface area (Å²) in [6, 6.07) is 23.6. The van der Waals surface area contributed by atoms with Crippen LogP contribution in [0.3, 0.4) is 0 Å². The zero-order valence-electron chi connectivity index (χ0n) is 21.2. The molecule has 1 N–H and O–H groups in total. The molecule has 0 spiro atoms. The Morgan fingerprint density at radius 3 is 2.46 bits per heavy atom. The van der Waals surface area contributed by atoms with Crippen LogP contribution in [0.15, 0.2) is 90.0 Å². The van der Waals surface area contributed by atoms with E-state index in [1.54, 1.807) is 6.08 Å². The number of aromatic nitrogens is 1. The van der Waals surface area contributed by atoms with Crippen LogP contribution in [0.1, 0.15) is 11.1 Å². The van der Waals surface area contributed by atoms with Gasteiger partial charge in [-0.05, 0) is 58.4 Å². The van der Waals surface area contributed by atoms with Gasteiger partial charge in [0.25, 0.3) is 11.1 Å². The van der Waals surface area contributed by atoms with Gasteiger partial charge in [0.2, 0.25) is 5.91 Å². The zero-order valence-corrected chi connectivity index (χ0v) is 22.1. The van der Waals surface area contributed by atoms with Gasteiger partial charge in [-0.25, -0.2) is 13.2 Å². The number of thioether (sulfide) groups is 1. The number of carbonyl (C=O) groups excluding carboxylic acids is 3. The molecule has 0 atom stereocenters. The van der Waals surface area contributed by atoms with Gasteiger partial charge < -0.3 is 9.88 Å². The van der Waals surface area contributed by atoms with Gasteiger partial charge in [-0.3, -0.25) is 19.3 Å². The van der Waals surface area contributed by atoms with Crippen molar-refractivity contribution in [1.82, 2.24) is 9.47 Å². The molecule has 4 aromatic carbocycles. The molecular weight excluding hydrogens is 551 g/mol. The largest absolute Gasteiger partial charge is 0.342 e. The number of imide groups is 1. The van der Waals surface area contributed by atoms with E-state index in [4.69, 9.17) is 0 Å². The van der Waals surface area contributed by atoms with Crippen LogP contribution in [0.2, 0.25) is 0 Å². The summed E-state index contributed by atoms with van der Waals surface area (Å²) in [5.41, 5.74) is 2.16. The third kappa shape index (κ3) is 5.09. The molecule has 0 bridgehead atoms. The van der Waals surface area contributed by atoms with Crippen molar-refractivity contribution in [2.45, 2.75) is 6.54 Å². The Balaban J connectivity index is 1.24. The molecule has 0 aliphatic carbocycles. The molecule has 10 heteroatoms. The number of hydrogen-bond donors (Lipinski definition) is 1. The highest BCUT2D eigenvalue weighted by Crippen LogP contribution is 2.34. The van der Waals surface area contributed by atoms with Crippen molar-refractivity contribution in [2.24, 2.45) is 0 Å². The van der Waals surface area contributed by atoms with Gasteiger partial charge >= 0.3 is 0 Å². The summed E-state index contributed by atoms with van der Waals surface area (Å²) in [6.45, 7) is -0.133. The molecular formula is C31H20F3N3O3S. The minimum absolute atomic E-state index is 0.121. The molecule has 3 amide bonds. The Kier molecular flexibility index (Phi) is 6.84. The van der Waals surface area contributed by atoms with E-state index in [2.05, 4.69) is 40.2 Å². The van der Waals surface area contributed by atoms with Crippen molar-refractivity contribution < 1.29 is 27.6 Å². The highest BCUT2D eigenvalue weighted by Gasteiger charge is 2.36. The summed E-state index contributed by atoms with van der Waals surface area (Å²) in [7, 11) is 0. The van der Waals surface area contributed by atoms with Crippen LogP contribution >= 0.6 is 11.8 Å². The molecule has 1 aromatic heterocycles. The first-order chi connectivity index (χ1) is 19.8. The highest BCUT2D eigenvalue weighted by molar-refractivity contribution is 8.18. The fourth-order valence-electron chi connectivity index (χ4n) is 4.79. The Hall–Kier alpha value is -4.83. The van der Waals surface area contributed by atoms with E-state index in [0.29, 0.717) is 24.4 Å². The molecule has 0 radical (unpaired) electrons. The summed E-state index contributed by atoms with van der Waals surface area (Å²) < 4.78 is 42.7. The van der Waals surface area contributed by atoms with Crippen molar-refractivity contribution in [3.05, 3.63) is 119 Å². The lowest BCUT2D eigenvalue weighted by molar-refractivity contribution is -0.127. The van der Waals surface area contributed by atoms with E-state index in [1.807, 2.05) is 42.6 Å². The average molecular weight is 572 g/mol. The number of nitrogens with one attached hydrogen (secondary N) is 1. The minimum atomic E-state index is -1.74. The molecule has 41 heavy (non-hydrogen) atoms. The number of anilines is 1. The highest BCUT2D eigenvalue weighted by atomic mass is 32.2. The second-order valence-electron chi connectivity index (χ2n) is 9.45. The molecule has 1 aliphatic heterocycles. The molecule has 1 aliphatic rings. The fraction of sp³-hybridized carbons (Fsp3) is 0.0645. The van der Waals surface area contributed by atoms with Crippen molar-refractivity contribution in [1.29, 1.82) is 0 Å². The van der Waals surface area contributed by atoms with Crippen LogP contribution < -0.4 is 5.32 Å². The van der Waals surface area contributed by atoms with E-state index >= 15 is 0 Å².